The summed E-state index contributed by atoms with van der Waals surface area (Å²) in [4.78, 5) is 25.8. The highest BCUT2D eigenvalue weighted by atomic mass is 35.5. The molecule has 19 heavy (non-hydrogen) atoms. The van der Waals surface area contributed by atoms with E-state index in [-0.39, 0.29) is 5.56 Å². The van der Waals surface area contributed by atoms with Crippen molar-refractivity contribution >= 4 is 17.5 Å². The molecule has 2 N–H and O–H groups in total. The van der Waals surface area contributed by atoms with Gasteiger partial charge in [-0.3, -0.25) is 9.59 Å². The molecule has 0 bridgehead atoms. The Morgan fingerprint density at radius 2 is 2.11 bits per heavy atom. The van der Waals surface area contributed by atoms with Gasteiger partial charge >= 0.3 is 0 Å². The van der Waals surface area contributed by atoms with Gasteiger partial charge in [-0.05, 0) is 24.1 Å². The number of hydrogen-bond donors (Lipinski definition) is 2. The Morgan fingerprint density at radius 3 is 2.84 bits per heavy atom. The number of H-pyrrole nitrogens is 1. The van der Waals surface area contributed by atoms with E-state index >= 15 is 0 Å². The number of benzene rings is 1. The predicted octanol–water partition coefficient (Wildman–Crippen LogP) is 2.27. The van der Waals surface area contributed by atoms with Crippen LogP contribution in [0.3, 0.4) is 0 Å². The van der Waals surface area contributed by atoms with Crippen molar-refractivity contribution in [2.45, 2.75) is 13.5 Å². The molecule has 0 aliphatic rings. The first-order chi connectivity index (χ1) is 9.08. The Hall–Kier alpha value is -2.07. The minimum atomic E-state index is -0.452. The summed E-state index contributed by atoms with van der Waals surface area (Å²) >= 11 is 5.75. The maximum Gasteiger partial charge on any atom is 0.260 e. The smallest absolute Gasteiger partial charge is 0.260 e. The van der Waals surface area contributed by atoms with Gasteiger partial charge in [0.05, 0.1) is 5.02 Å². The maximum atomic E-state index is 11.9. The van der Waals surface area contributed by atoms with Crippen molar-refractivity contribution in [3.8, 4) is 0 Å². The molecule has 0 spiro atoms. The van der Waals surface area contributed by atoms with Crippen molar-refractivity contribution in [1.29, 1.82) is 0 Å². The fourth-order valence-corrected chi connectivity index (χ4v) is 1.87. The number of carbonyl (C=O) groups is 1. The van der Waals surface area contributed by atoms with Gasteiger partial charge in [-0.15, -0.1) is 0 Å². The molecule has 0 fully saturated rings. The van der Waals surface area contributed by atoms with Crippen LogP contribution >= 0.6 is 11.6 Å². The van der Waals surface area contributed by atoms with Gasteiger partial charge in [-0.1, -0.05) is 35.9 Å². The lowest BCUT2D eigenvalue weighted by Gasteiger charge is -2.07. The summed E-state index contributed by atoms with van der Waals surface area (Å²) in [7, 11) is 0. The number of rotatable bonds is 3. The number of pyridine rings is 1. The van der Waals surface area contributed by atoms with E-state index in [1.807, 2.05) is 31.2 Å². The molecule has 98 valence electrons. The molecular weight excluding hydrogens is 264 g/mol. The zero-order chi connectivity index (χ0) is 13.8. The molecule has 2 rings (SSSR count). The van der Waals surface area contributed by atoms with Crippen molar-refractivity contribution in [2.75, 3.05) is 0 Å². The molecule has 0 radical (unpaired) electrons. The number of halogens is 1. The topological polar surface area (TPSA) is 62.0 Å². The predicted molar refractivity (Wildman–Crippen MR) is 74.4 cm³/mol. The number of aryl methyl sites for hydroxylation is 1. The van der Waals surface area contributed by atoms with E-state index in [0.717, 1.165) is 11.1 Å². The van der Waals surface area contributed by atoms with Gasteiger partial charge in [0.1, 0.15) is 5.56 Å². The average molecular weight is 277 g/mol. The quantitative estimate of drug-likeness (QED) is 0.903. The van der Waals surface area contributed by atoms with Crippen molar-refractivity contribution in [3.63, 3.8) is 0 Å². The van der Waals surface area contributed by atoms with Gasteiger partial charge in [0.15, 0.2) is 0 Å². The van der Waals surface area contributed by atoms with Gasteiger partial charge in [0.25, 0.3) is 11.5 Å². The lowest BCUT2D eigenvalue weighted by atomic mass is 10.1. The Kier molecular flexibility index (Phi) is 4.02. The zero-order valence-electron chi connectivity index (χ0n) is 10.4. The summed E-state index contributed by atoms with van der Waals surface area (Å²) in [6.07, 6.45) is 1.35. The monoisotopic (exact) mass is 276 g/mol. The van der Waals surface area contributed by atoms with Crippen molar-refractivity contribution in [2.24, 2.45) is 0 Å². The van der Waals surface area contributed by atoms with E-state index in [9.17, 15) is 9.59 Å². The van der Waals surface area contributed by atoms with Gasteiger partial charge in [0, 0.05) is 12.7 Å². The van der Waals surface area contributed by atoms with Crippen LogP contribution in [0.15, 0.2) is 41.3 Å². The lowest BCUT2D eigenvalue weighted by molar-refractivity contribution is 0.0949. The summed E-state index contributed by atoms with van der Waals surface area (Å²) in [6.45, 7) is 2.34. The second kappa shape index (κ2) is 5.71. The molecule has 0 aliphatic heterocycles. The van der Waals surface area contributed by atoms with Gasteiger partial charge in [-0.25, -0.2) is 0 Å². The molecule has 1 heterocycles. The third kappa shape index (κ3) is 3.23. The minimum Gasteiger partial charge on any atom is -0.348 e. The number of nitrogens with one attached hydrogen (secondary N) is 2. The van der Waals surface area contributed by atoms with E-state index < -0.39 is 11.5 Å². The molecule has 1 aromatic heterocycles. The van der Waals surface area contributed by atoms with Gasteiger partial charge in [-0.2, -0.15) is 0 Å². The minimum absolute atomic E-state index is 0.0149. The number of amides is 1. The first kappa shape index (κ1) is 13.4. The summed E-state index contributed by atoms with van der Waals surface area (Å²) in [5.74, 6) is -0.438. The van der Waals surface area contributed by atoms with Crippen LogP contribution in [0.1, 0.15) is 21.5 Å². The molecule has 0 saturated carbocycles. The second-order valence-corrected chi connectivity index (χ2v) is 4.61. The van der Waals surface area contributed by atoms with Crippen LogP contribution in [0.2, 0.25) is 5.02 Å². The molecule has 4 nitrogen and oxygen atoms in total. The number of aromatic nitrogens is 1. The molecule has 1 aromatic carbocycles. The summed E-state index contributed by atoms with van der Waals surface area (Å²) in [5.41, 5.74) is 1.66. The highest BCUT2D eigenvalue weighted by Crippen LogP contribution is 2.08. The third-order valence-electron chi connectivity index (χ3n) is 2.81. The van der Waals surface area contributed by atoms with E-state index in [4.69, 9.17) is 11.6 Å². The normalized spacial score (nSPS) is 10.2. The summed E-state index contributed by atoms with van der Waals surface area (Å²) in [5, 5.41) is 3.03. The highest BCUT2D eigenvalue weighted by Gasteiger charge is 2.11. The van der Waals surface area contributed by atoms with E-state index in [1.165, 1.54) is 12.3 Å². The van der Waals surface area contributed by atoms with E-state index in [1.54, 1.807) is 0 Å². The highest BCUT2D eigenvalue weighted by molar-refractivity contribution is 6.30. The van der Waals surface area contributed by atoms with Crippen LogP contribution in [0.25, 0.3) is 0 Å². The van der Waals surface area contributed by atoms with E-state index in [0.29, 0.717) is 11.6 Å². The molecule has 1 amide bonds. The Balaban J connectivity index is 2.12. The standard InChI is InChI=1S/C14H13ClN2O2/c1-9-4-2-3-5-10(9)7-16-13(18)12-6-11(15)8-17-14(12)19/h2-6,8H,7H2,1H3,(H,16,18)(H,17,19). The summed E-state index contributed by atoms with van der Waals surface area (Å²) < 4.78 is 0. The van der Waals surface area contributed by atoms with Crippen LogP contribution in [0, 0.1) is 6.92 Å². The molecule has 0 unspecified atom stereocenters. The fraction of sp³-hybridized carbons (Fsp3) is 0.143. The van der Waals surface area contributed by atoms with Crippen LogP contribution in [-0.4, -0.2) is 10.9 Å². The fourth-order valence-electron chi connectivity index (χ4n) is 1.71. The number of carbonyl (C=O) groups excluding carboxylic acids is 1. The van der Waals surface area contributed by atoms with Crippen LogP contribution in [-0.2, 0) is 6.54 Å². The van der Waals surface area contributed by atoms with Gasteiger partial charge in [0.2, 0.25) is 0 Å². The van der Waals surface area contributed by atoms with Crippen LogP contribution in [0.4, 0.5) is 0 Å². The SMILES string of the molecule is Cc1ccccc1CNC(=O)c1cc(Cl)c[nH]c1=O. The Bertz CT molecular complexity index is 664. The molecule has 0 saturated heterocycles. The van der Waals surface area contributed by atoms with Crippen LogP contribution in [0.5, 0.6) is 0 Å². The molecule has 5 heteroatoms. The average Bonchev–Trinajstić information content (AvgIpc) is 2.40. The first-order valence-corrected chi connectivity index (χ1v) is 6.16. The first-order valence-electron chi connectivity index (χ1n) is 5.79. The largest absolute Gasteiger partial charge is 0.348 e. The third-order valence-corrected chi connectivity index (χ3v) is 3.03. The zero-order valence-corrected chi connectivity index (χ0v) is 11.1. The Morgan fingerprint density at radius 1 is 1.37 bits per heavy atom. The molecule has 0 aliphatic carbocycles. The maximum absolute atomic E-state index is 11.9. The molecule has 2 aromatic rings. The Labute approximate surface area is 115 Å². The van der Waals surface area contributed by atoms with Crippen molar-refractivity contribution in [3.05, 3.63) is 68.6 Å². The van der Waals surface area contributed by atoms with Gasteiger partial charge < -0.3 is 10.3 Å². The molecular formula is C14H13ClN2O2. The summed E-state index contributed by atoms with van der Waals surface area (Å²) in [6, 6.07) is 9.09. The second-order valence-electron chi connectivity index (χ2n) is 4.17. The van der Waals surface area contributed by atoms with Crippen LogP contribution < -0.4 is 10.9 Å². The lowest BCUT2D eigenvalue weighted by Crippen LogP contribution is -2.29. The van der Waals surface area contributed by atoms with Crippen molar-refractivity contribution < 1.29 is 4.79 Å². The molecule has 0 atom stereocenters. The van der Waals surface area contributed by atoms with Crippen molar-refractivity contribution in [1.82, 2.24) is 10.3 Å². The number of hydrogen-bond acceptors (Lipinski definition) is 2. The number of aromatic amines is 1. The van der Waals surface area contributed by atoms with E-state index in [2.05, 4.69) is 10.3 Å².